The van der Waals surface area contributed by atoms with Crippen molar-refractivity contribution in [2.24, 2.45) is 0 Å². The van der Waals surface area contributed by atoms with Crippen LogP contribution in [0, 0.1) is 0 Å². The van der Waals surface area contributed by atoms with Crippen molar-refractivity contribution in [3.63, 3.8) is 0 Å². The van der Waals surface area contributed by atoms with Crippen molar-refractivity contribution in [3.05, 3.63) is 206 Å². The molecule has 0 N–H and O–H groups in total. The van der Waals surface area contributed by atoms with Gasteiger partial charge in [0, 0.05) is 65.6 Å². The number of para-hydroxylation sites is 3. The quantitative estimate of drug-likeness (QED) is 0.161. The third kappa shape index (κ3) is 6.29. The largest absolute Gasteiger partial charge is 0.456 e. The predicted octanol–water partition coefficient (Wildman–Crippen LogP) is 17.2. The van der Waals surface area contributed by atoms with Gasteiger partial charge in [0.05, 0.1) is 11.0 Å². The molecule has 6 nitrogen and oxygen atoms in total. The Balaban J connectivity index is 0.00000149. The molecule has 0 amide bonds. The lowest BCUT2D eigenvalue weighted by Crippen LogP contribution is -2.01. The standard InChI is InChI=1S/C59H34N4O2.C3H8/c1-2-14-35(15-3-1)57-60-58(62-59(61-57)38-28-30-45-43-20-8-10-26-50(43)65-53(45)34-38)37-16-12-17-39(32-37)63-55-40(36-29-31-52-49(33-36)44-21-9-11-27-51(44)64-52)24-13-25-48(55)54-46-22-6-4-18-41(46)42-19-5-7-23-47(42)56(54)63;1-3-2/h1-34H;3H2,1-2H3. The zero-order valence-corrected chi connectivity index (χ0v) is 37.4. The van der Waals surface area contributed by atoms with Crippen LogP contribution >= 0.6 is 0 Å². The van der Waals surface area contributed by atoms with E-state index in [1.807, 2.05) is 66.7 Å². The summed E-state index contributed by atoms with van der Waals surface area (Å²) < 4.78 is 15.1. The number of hydrogen-bond acceptors (Lipinski definition) is 5. The van der Waals surface area contributed by atoms with Gasteiger partial charge in [-0.05, 0) is 70.3 Å². The second-order valence-corrected chi connectivity index (χ2v) is 17.4. The summed E-state index contributed by atoms with van der Waals surface area (Å²) in [6, 6.07) is 72.3. The number of furan rings is 2. The van der Waals surface area contributed by atoms with E-state index in [1.165, 1.54) is 38.7 Å². The van der Waals surface area contributed by atoms with Crippen LogP contribution in [0.15, 0.2) is 215 Å². The maximum atomic E-state index is 6.33. The Hall–Kier alpha value is -8.87. The molecule has 0 spiro atoms. The Morgan fingerprint density at radius 2 is 0.838 bits per heavy atom. The number of benzene rings is 10. The zero-order valence-electron chi connectivity index (χ0n) is 37.4. The van der Waals surface area contributed by atoms with Gasteiger partial charge in [0.2, 0.25) is 0 Å². The minimum absolute atomic E-state index is 0.570. The van der Waals surface area contributed by atoms with Crippen molar-refractivity contribution >= 4 is 87.2 Å². The fraction of sp³-hybridized carbons (Fsp3) is 0.0484. The maximum absolute atomic E-state index is 6.33. The van der Waals surface area contributed by atoms with E-state index in [0.717, 1.165) is 88.4 Å². The summed E-state index contributed by atoms with van der Waals surface area (Å²) in [7, 11) is 0. The molecule has 10 aromatic carbocycles. The van der Waals surface area contributed by atoms with Crippen molar-refractivity contribution in [3.8, 4) is 51.0 Å². The van der Waals surface area contributed by atoms with Gasteiger partial charge in [-0.25, -0.2) is 15.0 Å². The Kier molecular flexibility index (Phi) is 9.25. The van der Waals surface area contributed by atoms with Crippen molar-refractivity contribution in [1.82, 2.24) is 19.5 Å². The van der Waals surface area contributed by atoms with E-state index in [4.69, 9.17) is 23.8 Å². The number of nitrogens with zero attached hydrogens (tertiary/aromatic N) is 4. The average molecular weight is 875 g/mol. The number of rotatable bonds is 5. The summed E-state index contributed by atoms with van der Waals surface area (Å²) in [5.41, 5.74) is 11.5. The fourth-order valence-corrected chi connectivity index (χ4v) is 10.1. The maximum Gasteiger partial charge on any atom is 0.164 e. The highest BCUT2D eigenvalue weighted by Gasteiger charge is 2.23. The van der Waals surface area contributed by atoms with Crippen LogP contribution in [0.2, 0.25) is 0 Å². The highest BCUT2D eigenvalue weighted by molar-refractivity contribution is 6.33. The third-order valence-electron chi connectivity index (χ3n) is 13.0. The number of fused-ring (bicyclic) bond motifs is 14. The van der Waals surface area contributed by atoms with E-state index in [-0.39, 0.29) is 0 Å². The molecule has 4 aromatic heterocycles. The van der Waals surface area contributed by atoms with Crippen LogP contribution in [-0.4, -0.2) is 19.5 Å². The van der Waals surface area contributed by atoms with Gasteiger partial charge < -0.3 is 13.4 Å². The van der Waals surface area contributed by atoms with Gasteiger partial charge in [0.25, 0.3) is 0 Å². The van der Waals surface area contributed by atoms with Gasteiger partial charge in [0.15, 0.2) is 17.5 Å². The van der Waals surface area contributed by atoms with Crippen LogP contribution < -0.4 is 0 Å². The van der Waals surface area contributed by atoms with E-state index in [0.29, 0.717) is 17.5 Å². The van der Waals surface area contributed by atoms with Crippen molar-refractivity contribution in [1.29, 1.82) is 0 Å². The molecule has 6 heteroatoms. The Labute approximate surface area is 391 Å². The van der Waals surface area contributed by atoms with Crippen molar-refractivity contribution in [2.45, 2.75) is 20.3 Å². The monoisotopic (exact) mass is 874 g/mol. The van der Waals surface area contributed by atoms with Gasteiger partial charge in [-0.3, -0.25) is 0 Å². The minimum atomic E-state index is 0.570. The van der Waals surface area contributed by atoms with E-state index in [1.54, 1.807) is 0 Å². The number of aromatic nitrogens is 4. The molecule has 322 valence electrons. The lowest BCUT2D eigenvalue weighted by molar-refractivity contribution is 0.668. The molecule has 0 aliphatic heterocycles. The summed E-state index contributed by atoms with van der Waals surface area (Å²) in [6.07, 6.45) is 1.25. The molecular formula is C62H42N4O2. The molecule has 14 aromatic rings. The molecule has 68 heavy (non-hydrogen) atoms. The first-order valence-electron chi connectivity index (χ1n) is 23.3. The van der Waals surface area contributed by atoms with E-state index in [2.05, 4.69) is 158 Å². The van der Waals surface area contributed by atoms with Crippen LogP contribution in [0.1, 0.15) is 20.3 Å². The second-order valence-electron chi connectivity index (χ2n) is 17.4. The van der Waals surface area contributed by atoms with Gasteiger partial charge in [-0.1, -0.05) is 178 Å². The summed E-state index contributed by atoms with van der Waals surface area (Å²) in [6.45, 7) is 4.25. The minimum Gasteiger partial charge on any atom is -0.456 e. The first-order valence-corrected chi connectivity index (χ1v) is 23.3. The Morgan fingerprint density at radius 3 is 1.57 bits per heavy atom. The van der Waals surface area contributed by atoms with Crippen LogP contribution in [-0.2, 0) is 0 Å². The van der Waals surface area contributed by atoms with Crippen LogP contribution in [0.3, 0.4) is 0 Å². The Morgan fingerprint density at radius 1 is 0.338 bits per heavy atom. The molecule has 14 rings (SSSR count). The molecular weight excluding hydrogens is 833 g/mol. The normalized spacial score (nSPS) is 11.7. The highest BCUT2D eigenvalue weighted by Crippen LogP contribution is 2.46. The van der Waals surface area contributed by atoms with Gasteiger partial charge in [0.1, 0.15) is 22.3 Å². The van der Waals surface area contributed by atoms with E-state index in [9.17, 15) is 0 Å². The predicted molar refractivity (Wildman–Crippen MR) is 281 cm³/mol. The van der Waals surface area contributed by atoms with Gasteiger partial charge in [-0.15, -0.1) is 0 Å². The zero-order chi connectivity index (χ0) is 45.3. The van der Waals surface area contributed by atoms with Crippen molar-refractivity contribution in [2.75, 3.05) is 0 Å². The fourth-order valence-electron chi connectivity index (χ4n) is 10.1. The molecule has 4 heterocycles. The topological polar surface area (TPSA) is 69.9 Å². The molecule has 0 saturated carbocycles. The first-order chi connectivity index (χ1) is 33.6. The second kappa shape index (κ2) is 15.9. The lowest BCUT2D eigenvalue weighted by atomic mass is 9.95. The lowest BCUT2D eigenvalue weighted by Gasteiger charge is -2.15. The molecule has 0 fully saturated rings. The molecule has 0 radical (unpaired) electrons. The van der Waals surface area contributed by atoms with Crippen LogP contribution in [0.4, 0.5) is 0 Å². The highest BCUT2D eigenvalue weighted by atomic mass is 16.3. The molecule has 0 atom stereocenters. The first kappa shape index (κ1) is 39.5. The third-order valence-corrected chi connectivity index (χ3v) is 13.0. The summed E-state index contributed by atoms with van der Waals surface area (Å²) >= 11 is 0. The summed E-state index contributed by atoms with van der Waals surface area (Å²) in [5, 5.41) is 11.6. The molecule has 0 aliphatic carbocycles. The van der Waals surface area contributed by atoms with Gasteiger partial charge >= 0.3 is 0 Å². The summed E-state index contributed by atoms with van der Waals surface area (Å²) in [5.74, 6) is 1.74. The van der Waals surface area contributed by atoms with E-state index < -0.39 is 0 Å². The smallest absolute Gasteiger partial charge is 0.164 e. The molecule has 0 saturated heterocycles. The molecule has 0 aliphatic rings. The van der Waals surface area contributed by atoms with Crippen LogP contribution in [0.5, 0.6) is 0 Å². The SMILES string of the molecule is CCC.c1ccc(-c2nc(-c3cccc(-n4c5c(-c6ccc7oc8ccccc8c7c6)cccc5c5c6ccccc6c6ccccc6c54)c3)nc(-c3ccc4c(c3)oc3ccccc34)n2)cc1. The summed E-state index contributed by atoms with van der Waals surface area (Å²) in [4.78, 5) is 15.5. The van der Waals surface area contributed by atoms with Crippen LogP contribution in [0.25, 0.3) is 138 Å². The molecule has 0 unspecified atom stereocenters. The average Bonchev–Trinajstić information content (AvgIpc) is 4.09. The Bertz CT molecular complexity index is 4270. The number of hydrogen-bond donors (Lipinski definition) is 0. The molecule has 0 bridgehead atoms. The van der Waals surface area contributed by atoms with Crippen molar-refractivity contribution < 1.29 is 8.83 Å². The van der Waals surface area contributed by atoms with E-state index >= 15 is 0 Å². The van der Waals surface area contributed by atoms with Gasteiger partial charge in [-0.2, -0.15) is 0 Å².